The van der Waals surface area contributed by atoms with Crippen LogP contribution in [0.3, 0.4) is 0 Å². The summed E-state index contributed by atoms with van der Waals surface area (Å²) < 4.78 is 0. The highest BCUT2D eigenvalue weighted by atomic mass is 35.5. The van der Waals surface area contributed by atoms with E-state index in [1.807, 2.05) is 45.0 Å². The molecule has 0 spiro atoms. The number of carbonyl (C=O) groups excluding carboxylic acids is 1. The van der Waals surface area contributed by atoms with E-state index in [2.05, 4.69) is 15.2 Å². The zero-order valence-electron chi connectivity index (χ0n) is 12.4. The van der Waals surface area contributed by atoms with Crippen LogP contribution in [-0.4, -0.2) is 32.5 Å². The second-order valence-corrected chi connectivity index (χ2v) is 5.58. The Balaban J connectivity index is 2.14. The second-order valence-electron chi connectivity index (χ2n) is 5.15. The Bertz CT molecular complexity index is 624. The summed E-state index contributed by atoms with van der Waals surface area (Å²) >= 11 is 5.97. The Labute approximate surface area is 129 Å². The van der Waals surface area contributed by atoms with E-state index in [0.29, 0.717) is 18.1 Å². The minimum Gasteiger partial charge on any atom is -0.332 e. The van der Waals surface area contributed by atoms with Crippen LogP contribution in [0.15, 0.2) is 24.3 Å². The summed E-state index contributed by atoms with van der Waals surface area (Å²) in [5.41, 5.74) is 0.984. The molecule has 0 saturated carbocycles. The van der Waals surface area contributed by atoms with E-state index in [0.717, 1.165) is 11.4 Å². The molecule has 0 aliphatic carbocycles. The molecule has 6 heteroatoms. The molecule has 0 bridgehead atoms. The molecule has 1 N–H and O–H groups in total. The van der Waals surface area contributed by atoms with Gasteiger partial charge in [-0.05, 0) is 24.6 Å². The summed E-state index contributed by atoms with van der Waals surface area (Å²) in [4.78, 5) is 18.4. The van der Waals surface area contributed by atoms with E-state index in [1.54, 1.807) is 4.90 Å². The molecule has 1 heterocycles. The molecule has 2 aromatic rings. The van der Waals surface area contributed by atoms with E-state index < -0.39 is 0 Å². The molecule has 112 valence electrons. The molecule has 5 nitrogen and oxygen atoms in total. The van der Waals surface area contributed by atoms with Gasteiger partial charge in [0.15, 0.2) is 0 Å². The molecule has 0 fully saturated rings. The Morgan fingerprint density at radius 2 is 2.19 bits per heavy atom. The fraction of sp³-hybridized carbons (Fsp3) is 0.400. The average molecular weight is 307 g/mol. The molecule has 0 aliphatic heterocycles. The fourth-order valence-corrected chi connectivity index (χ4v) is 2.17. The largest absolute Gasteiger partial charge is 0.332 e. The minimum atomic E-state index is -0.180. The van der Waals surface area contributed by atoms with Gasteiger partial charge in [0.05, 0.1) is 0 Å². The van der Waals surface area contributed by atoms with Gasteiger partial charge in [0.1, 0.15) is 5.82 Å². The molecule has 0 radical (unpaired) electrons. The van der Waals surface area contributed by atoms with Crippen molar-refractivity contribution in [2.75, 3.05) is 6.54 Å². The summed E-state index contributed by atoms with van der Waals surface area (Å²) in [5, 5.41) is 7.48. The first-order valence-electron chi connectivity index (χ1n) is 6.97. The third-order valence-corrected chi connectivity index (χ3v) is 3.41. The van der Waals surface area contributed by atoms with Gasteiger partial charge in [-0.15, -0.1) is 5.10 Å². The molecular formula is C15H19ClN4O. The summed E-state index contributed by atoms with van der Waals surface area (Å²) in [5.74, 6) is 0.961. The van der Waals surface area contributed by atoms with Gasteiger partial charge in [0, 0.05) is 24.0 Å². The van der Waals surface area contributed by atoms with Crippen molar-refractivity contribution in [2.45, 2.75) is 33.2 Å². The number of H-pyrrole nitrogens is 1. The fourth-order valence-electron chi connectivity index (χ4n) is 1.95. The van der Waals surface area contributed by atoms with Crippen LogP contribution in [0.2, 0.25) is 5.02 Å². The van der Waals surface area contributed by atoms with Crippen molar-refractivity contribution in [2.24, 2.45) is 0 Å². The summed E-state index contributed by atoms with van der Waals surface area (Å²) in [6.45, 7) is 6.99. The van der Waals surface area contributed by atoms with Gasteiger partial charge in [-0.2, -0.15) is 0 Å². The predicted molar refractivity (Wildman–Crippen MR) is 82.3 cm³/mol. The standard InChI is InChI=1S/C15H19ClN4O/c1-4-20(9-11-6-5-7-12(16)8-11)15(21)14-17-13(10(2)3)18-19-14/h5-8,10H,4,9H2,1-3H3,(H,17,18,19). The lowest BCUT2D eigenvalue weighted by Crippen LogP contribution is -2.31. The van der Waals surface area contributed by atoms with Gasteiger partial charge >= 0.3 is 0 Å². The predicted octanol–water partition coefficient (Wildman–Crippen LogP) is 3.24. The van der Waals surface area contributed by atoms with Crippen LogP contribution < -0.4 is 0 Å². The summed E-state index contributed by atoms with van der Waals surface area (Å²) in [7, 11) is 0. The Morgan fingerprint density at radius 3 is 2.76 bits per heavy atom. The van der Waals surface area contributed by atoms with Gasteiger partial charge in [-0.25, -0.2) is 4.98 Å². The van der Waals surface area contributed by atoms with Crippen LogP contribution in [0, 0.1) is 0 Å². The van der Waals surface area contributed by atoms with Crippen LogP contribution >= 0.6 is 11.6 Å². The molecule has 0 unspecified atom stereocenters. The lowest BCUT2D eigenvalue weighted by atomic mass is 10.2. The summed E-state index contributed by atoms with van der Waals surface area (Å²) in [6.07, 6.45) is 0. The number of carbonyl (C=O) groups is 1. The molecule has 2 rings (SSSR count). The number of benzene rings is 1. The van der Waals surface area contributed by atoms with Crippen LogP contribution in [0.1, 0.15) is 48.7 Å². The number of nitrogens with one attached hydrogen (secondary N) is 1. The third kappa shape index (κ3) is 3.82. The maximum Gasteiger partial charge on any atom is 0.293 e. The van der Waals surface area contributed by atoms with Gasteiger partial charge in [-0.3, -0.25) is 9.89 Å². The van der Waals surface area contributed by atoms with Crippen LogP contribution in [0.25, 0.3) is 0 Å². The number of aromatic amines is 1. The number of hydrogen-bond acceptors (Lipinski definition) is 3. The van der Waals surface area contributed by atoms with Crippen molar-refractivity contribution in [1.29, 1.82) is 0 Å². The second kappa shape index (κ2) is 6.72. The normalized spacial score (nSPS) is 10.9. The van der Waals surface area contributed by atoms with Gasteiger partial charge in [0.25, 0.3) is 5.91 Å². The van der Waals surface area contributed by atoms with Crippen molar-refractivity contribution in [3.05, 3.63) is 46.5 Å². The highest BCUT2D eigenvalue weighted by Gasteiger charge is 2.20. The molecule has 1 aromatic heterocycles. The number of halogens is 1. The molecular weight excluding hydrogens is 288 g/mol. The number of aromatic nitrogens is 3. The maximum absolute atomic E-state index is 12.4. The lowest BCUT2D eigenvalue weighted by molar-refractivity contribution is 0.0740. The van der Waals surface area contributed by atoms with E-state index in [9.17, 15) is 4.79 Å². The zero-order valence-corrected chi connectivity index (χ0v) is 13.2. The van der Waals surface area contributed by atoms with Crippen molar-refractivity contribution < 1.29 is 4.79 Å². The van der Waals surface area contributed by atoms with Crippen molar-refractivity contribution >= 4 is 17.5 Å². The number of nitrogens with zero attached hydrogens (tertiary/aromatic N) is 3. The first-order valence-corrected chi connectivity index (χ1v) is 7.35. The molecule has 0 saturated heterocycles. The van der Waals surface area contributed by atoms with Crippen LogP contribution in [-0.2, 0) is 6.54 Å². The Morgan fingerprint density at radius 1 is 1.43 bits per heavy atom. The van der Waals surface area contributed by atoms with Gasteiger partial charge in [-0.1, -0.05) is 37.6 Å². The lowest BCUT2D eigenvalue weighted by Gasteiger charge is -2.19. The van der Waals surface area contributed by atoms with E-state index >= 15 is 0 Å². The molecule has 21 heavy (non-hydrogen) atoms. The average Bonchev–Trinajstić information content (AvgIpc) is 2.94. The van der Waals surface area contributed by atoms with Crippen molar-refractivity contribution in [3.8, 4) is 0 Å². The van der Waals surface area contributed by atoms with Gasteiger partial charge < -0.3 is 4.90 Å². The molecule has 1 aromatic carbocycles. The van der Waals surface area contributed by atoms with E-state index in [-0.39, 0.29) is 17.6 Å². The zero-order chi connectivity index (χ0) is 15.4. The van der Waals surface area contributed by atoms with Crippen LogP contribution in [0.5, 0.6) is 0 Å². The highest BCUT2D eigenvalue weighted by molar-refractivity contribution is 6.30. The highest BCUT2D eigenvalue weighted by Crippen LogP contribution is 2.14. The smallest absolute Gasteiger partial charge is 0.293 e. The van der Waals surface area contributed by atoms with E-state index in [1.165, 1.54) is 0 Å². The van der Waals surface area contributed by atoms with E-state index in [4.69, 9.17) is 11.6 Å². The topological polar surface area (TPSA) is 61.9 Å². The number of hydrogen-bond donors (Lipinski definition) is 1. The Hall–Kier alpha value is -1.88. The SMILES string of the molecule is CCN(Cc1cccc(Cl)c1)C(=O)c1n[nH]c(C(C)C)n1. The maximum atomic E-state index is 12.4. The quantitative estimate of drug-likeness (QED) is 0.922. The Kier molecular flexibility index (Phi) is 4.96. The first kappa shape index (κ1) is 15.5. The first-order chi connectivity index (χ1) is 10.0. The molecule has 0 aliphatic rings. The summed E-state index contributed by atoms with van der Waals surface area (Å²) in [6, 6.07) is 7.49. The van der Waals surface area contributed by atoms with Crippen molar-refractivity contribution in [3.63, 3.8) is 0 Å². The van der Waals surface area contributed by atoms with Gasteiger partial charge in [0.2, 0.25) is 5.82 Å². The third-order valence-electron chi connectivity index (χ3n) is 3.17. The number of amides is 1. The van der Waals surface area contributed by atoms with Crippen molar-refractivity contribution in [1.82, 2.24) is 20.1 Å². The number of rotatable bonds is 5. The molecule has 1 amide bonds. The monoisotopic (exact) mass is 306 g/mol. The molecule has 0 atom stereocenters. The minimum absolute atomic E-state index is 0.180. The van der Waals surface area contributed by atoms with Crippen LogP contribution in [0.4, 0.5) is 0 Å².